The molecule has 1 aromatic heterocycles. The Hall–Kier alpha value is -7.68. The summed E-state index contributed by atoms with van der Waals surface area (Å²) in [5.74, 6) is 0. The van der Waals surface area contributed by atoms with Gasteiger partial charge >= 0.3 is 0 Å². The predicted molar refractivity (Wildman–Crippen MR) is 247 cm³/mol. The lowest BCUT2D eigenvalue weighted by atomic mass is 9.93. The van der Waals surface area contributed by atoms with E-state index in [9.17, 15) is 0 Å². The van der Waals surface area contributed by atoms with Crippen molar-refractivity contribution in [1.29, 1.82) is 0 Å². The molecule has 0 aliphatic heterocycles. The number of nitrogens with zero attached hydrogens (tertiary/aromatic N) is 1. The van der Waals surface area contributed by atoms with E-state index in [0.717, 1.165) is 50.0 Å². The van der Waals surface area contributed by atoms with Gasteiger partial charge in [0.1, 0.15) is 5.58 Å². The average molecular weight is 738 g/mol. The molecule has 11 aromatic carbocycles. The topological polar surface area (TPSA) is 16.4 Å². The summed E-state index contributed by atoms with van der Waals surface area (Å²) in [5, 5.41) is 14.6. The van der Waals surface area contributed by atoms with Crippen LogP contribution in [0, 0.1) is 0 Å². The number of fused-ring (bicyclic) bond motifs is 11. The van der Waals surface area contributed by atoms with Crippen LogP contribution in [-0.2, 0) is 0 Å². The maximum absolute atomic E-state index is 6.96. The molecule has 12 aromatic rings. The van der Waals surface area contributed by atoms with Crippen molar-refractivity contribution in [1.82, 2.24) is 0 Å². The van der Waals surface area contributed by atoms with Crippen LogP contribution in [0.15, 0.2) is 217 Å². The van der Waals surface area contributed by atoms with Crippen LogP contribution in [0.2, 0.25) is 0 Å². The normalized spacial score (nSPS) is 11.8. The lowest BCUT2D eigenvalue weighted by Gasteiger charge is -2.26. The third kappa shape index (κ3) is 5.12. The van der Waals surface area contributed by atoms with Crippen LogP contribution >= 0.6 is 0 Å². The quantitative estimate of drug-likeness (QED) is 0.164. The molecule has 270 valence electrons. The zero-order chi connectivity index (χ0) is 38.2. The van der Waals surface area contributed by atoms with E-state index in [4.69, 9.17) is 4.42 Å². The van der Waals surface area contributed by atoms with Crippen LogP contribution in [-0.4, -0.2) is 0 Å². The minimum Gasteiger partial charge on any atom is -0.453 e. The van der Waals surface area contributed by atoms with Crippen molar-refractivity contribution in [3.8, 4) is 22.3 Å². The highest BCUT2D eigenvalue weighted by Crippen LogP contribution is 2.45. The molecular weight excluding hydrogens is 703 g/mol. The van der Waals surface area contributed by atoms with Gasteiger partial charge in [0, 0.05) is 27.5 Å². The molecule has 0 atom stereocenters. The Kier molecular flexibility index (Phi) is 7.26. The van der Waals surface area contributed by atoms with Gasteiger partial charge in [0.15, 0.2) is 5.58 Å². The fraction of sp³-hybridized carbons (Fsp3) is 0. The summed E-state index contributed by atoms with van der Waals surface area (Å²) in [6, 6.07) is 77.0. The third-order valence-electron chi connectivity index (χ3n) is 12.0. The van der Waals surface area contributed by atoms with Gasteiger partial charge in [-0.3, -0.25) is 0 Å². The van der Waals surface area contributed by atoms with Crippen LogP contribution < -0.4 is 4.90 Å². The molecule has 0 unspecified atom stereocenters. The number of hydrogen-bond acceptors (Lipinski definition) is 2. The SMILES string of the molecule is c1cc(-c2cc3ccccc3c3ccccc23)cc(N(c2ccc(-c3ccc4c(ccc5ccccc54)c3)cc2)c2cccc3c2oc2c4ccccc4ccc32)c1. The first kappa shape index (κ1) is 32.6. The lowest BCUT2D eigenvalue weighted by Crippen LogP contribution is -2.10. The maximum atomic E-state index is 6.96. The average Bonchev–Trinajstić information content (AvgIpc) is 3.69. The van der Waals surface area contributed by atoms with E-state index in [-0.39, 0.29) is 0 Å². The third-order valence-corrected chi connectivity index (χ3v) is 12.0. The van der Waals surface area contributed by atoms with Crippen LogP contribution in [0.3, 0.4) is 0 Å². The zero-order valence-electron chi connectivity index (χ0n) is 31.6. The van der Waals surface area contributed by atoms with Gasteiger partial charge in [-0.1, -0.05) is 164 Å². The monoisotopic (exact) mass is 737 g/mol. The molecule has 2 heteroatoms. The highest BCUT2D eigenvalue weighted by Gasteiger charge is 2.21. The van der Waals surface area contributed by atoms with Crippen molar-refractivity contribution >= 4 is 92.9 Å². The number of furan rings is 1. The molecule has 12 rings (SSSR count). The van der Waals surface area contributed by atoms with Crippen molar-refractivity contribution in [3.63, 3.8) is 0 Å². The smallest absolute Gasteiger partial charge is 0.159 e. The summed E-state index contributed by atoms with van der Waals surface area (Å²) < 4.78 is 6.96. The van der Waals surface area contributed by atoms with Crippen LogP contribution in [0.1, 0.15) is 0 Å². The lowest BCUT2D eigenvalue weighted by molar-refractivity contribution is 0.673. The minimum atomic E-state index is 0.862. The summed E-state index contributed by atoms with van der Waals surface area (Å²) in [6.45, 7) is 0. The van der Waals surface area contributed by atoms with Crippen LogP contribution in [0.25, 0.3) is 98.1 Å². The molecule has 2 nitrogen and oxygen atoms in total. The molecule has 0 bridgehead atoms. The van der Waals surface area contributed by atoms with Gasteiger partial charge in [0.05, 0.1) is 5.69 Å². The Morgan fingerprint density at radius 1 is 0.276 bits per heavy atom. The van der Waals surface area contributed by atoms with E-state index < -0.39 is 0 Å². The summed E-state index contributed by atoms with van der Waals surface area (Å²) in [7, 11) is 0. The number of rotatable bonds is 5. The van der Waals surface area contributed by atoms with Gasteiger partial charge in [-0.05, 0) is 119 Å². The molecule has 0 radical (unpaired) electrons. The fourth-order valence-electron chi connectivity index (χ4n) is 9.22. The van der Waals surface area contributed by atoms with Crippen molar-refractivity contribution < 1.29 is 4.42 Å². The Labute approximate surface area is 335 Å². The van der Waals surface area contributed by atoms with Crippen molar-refractivity contribution in [2.24, 2.45) is 0 Å². The molecule has 0 saturated heterocycles. The van der Waals surface area contributed by atoms with Gasteiger partial charge in [0.2, 0.25) is 0 Å². The van der Waals surface area contributed by atoms with Gasteiger partial charge in [-0.15, -0.1) is 0 Å². The molecule has 0 N–H and O–H groups in total. The Morgan fingerprint density at radius 2 is 0.828 bits per heavy atom. The Morgan fingerprint density at radius 3 is 1.66 bits per heavy atom. The van der Waals surface area contributed by atoms with E-state index in [1.807, 2.05) is 0 Å². The summed E-state index contributed by atoms with van der Waals surface area (Å²) >= 11 is 0. The Bertz CT molecular complexity index is 3580. The van der Waals surface area contributed by atoms with E-state index in [2.05, 4.69) is 217 Å². The standard InChI is InChI=1S/C56H35NO/c1-4-16-45-37(11-1)23-24-42-33-39(28-31-47(42)45)36-25-29-43(30-26-36)57(54-22-10-21-51-52-32-27-38-12-2-6-18-48(38)55(52)58-56(51)54)44-15-9-14-40(34-44)53-35-41-13-3-5-17-46(41)49-19-7-8-20-50(49)53/h1-35H. The minimum absolute atomic E-state index is 0.862. The first-order valence-electron chi connectivity index (χ1n) is 19.9. The summed E-state index contributed by atoms with van der Waals surface area (Å²) in [5.41, 5.74) is 9.60. The van der Waals surface area contributed by atoms with Crippen LogP contribution in [0.4, 0.5) is 17.1 Å². The molecule has 0 saturated carbocycles. The van der Waals surface area contributed by atoms with E-state index >= 15 is 0 Å². The second-order valence-corrected chi connectivity index (χ2v) is 15.3. The van der Waals surface area contributed by atoms with E-state index in [0.29, 0.717) is 0 Å². The predicted octanol–water partition coefficient (Wildman–Crippen LogP) is 16.2. The number of para-hydroxylation sites is 1. The second kappa shape index (κ2) is 12.9. The van der Waals surface area contributed by atoms with Gasteiger partial charge < -0.3 is 9.32 Å². The molecular formula is C56H35NO. The molecule has 0 amide bonds. The highest BCUT2D eigenvalue weighted by molar-refractivity contribution is 6.18. The summed E-state index contributed by atoms with van der Waals surface area (Å²) in [6.07, 6.45) is 0. The maximum Gasteiger partial charge on any atom is 0.159 e. The molecule has 0 spiro atoms. The summed E-state index contributed by atoms with van der Waals surface area (Å²) in [4.78, 5) is 2.36. The molecule has 0 aliphatic rings. The van der Waals surface area contributed by atoms with Gasteiger partial charge in [-0.2, -0.15) is 0 Å². The van der Waals surface area contributed by atoms with E-state index in [1.54, 1.807) is 0 Å². The second-order valence-electron chi connectivity index (χ2n) is 15.3. The highest BCUT2D eigenvalue weighted by atomic mass is 16.3. The largest absolute Gasteiger partial charge is 0.453 e. The van der Waals surface area contributed by atoms with Crippen molar-refractivity contribution in [2.45, 2.75) is 0 Å². The number of benzene rings is 11. The van der Waals surface area contributed by atoms with Crippen molar-refractivity contribution in [2.75, 3.05) is 4.90 Å². The Balaban J connectivity index is 1.04. The molecule has 0 fully saturated rings. The van der Waals surface area contributed by atoms with Crippen molar-refractivity contribution in [3.05, 3.63) is 212 Å². The van der Waals surface area contributed by atoms with Gasteiger partial charge in [-0.25, -0.2) is 0 Å². The molecule has 58 heavy (non-hydrogen) atoms. The molecule has 0 aliphatic carbocycles. The molecule has 1 heterocycles. The first-order chi connectivity index (χ1) is 28.7. The van der Waals surface area contributed by atoms with E-state index in [1.165, 1.54) is 65.2 Å². The van der Waals surface area contributed by atoms with Crippen LogP contribution in [0.5, 0.6) is 0 Å². The fourth-order valence-corrected chi connectivity index (χ4v) is 9.22. The number of hydrogen-bond donors (Lipinski definition) is 0. The van der Waals surface area contributed by atoms with Gasteiger partial charge in [0.25, 0.3) is 0 Å². The number of anilines is 3. The first-order valence-corrected chi connectivity index (χ1v) is 19.9. The zero-order valence-corrected chi connectivity index (χ0v) is 31.6.